The van der Waals surface area contributed by atoms with Crippen LogP contribution in [0.1, 0.15) is 32.1 Å². The fourth-order valence-corrected chi connectivity index (χ4v) is 1.81. The Morgan fingerprint density at radius 1 is 1.35 bits per heavy atom. The lowest BCUT2D eigenvalue weighted by Gasteiger charge is -2.00. The van der Waals surface area contributed by atoms with Crippen LogP contribution in [-0.2, 0) is 16.1 Å². The summed E-state index contributed by atoms with van der Waals surface area (Å²) in [6, 6.07) is 7.17. The summed E-state index contributed by atoms with van der Waals surface area (Å²) >= 11 is 6.04. The number of aromatic nitrogens is 2. The molecule has 106 valence electrons. The highest BCUT2D eigenvalue weighted by Gasteiger charge is 2.12. The predicted molar refractivity (Wildman–Crippen MR) is 74.1 cm³/mol. The van der Waals surface area contributed by atoms with Crippen LogP contribution in [0.5, 0.6) is 0 Å². The number of benzene rings is 1. The minimum absolute atomic E-state index is 0.0139. The average Bonchev–Trinajstić information content (AvgIpc) is 2.92. The largest absolute Gasteiger partial charge is 0.456 e. The molecular weight excluding hydrogens is 280 g/mol. The van der Waals surface area contributed by atoms with Crippen molar-refractivity contribution in [2.24, 2.45) is 0 Å². The van der Waals surface area contributed by atoms with Crippen LogP contribution < -0.4 is 0 Å². The lowest BCUT2D eigenvalue weighted by molar-refractivity contribution is -0.145. The Bertz CT molecular complexity index is 583. The summed E-state index contributed by atoms with van der Waals surface area (Å²) in [4.78, 5) is 11.4. The maximum Gasteiger partial charge on any atom is 0.306 e. The fourth-order valence-electron chi connectivity index (χ4n) is 1.59. The van der Waals surface area contributed by atoms with Crippen molar-refractivity contribution in [1.29, 1.82) is 0 Å². The van der Waals surface area contributed by atoms with Crippen LogP contribution in [0.2, 0.25) is 5.02 Å². The summed E-state index contributed by atoms with van der Waals surface area (Å²) in [7, 11) is 0. The number of unbranched alkanes of at least 4 members (excludes halogenated alkanes) is 1. The van der Waals surface area contributed by atoms with Crippen molar-refractivity contribution in [3.63, 3.8) is 0 Å². The van der Waals surface area contributed by atoms with Gasteiger partial charge in [-0.3, -0.25) is 4.79 Å². The Morgan fingerprint density at radius 2 is 2.15 bits per heavy atom. The number of halogens is 1. The normalized spacial score (nSPS) is 10.5. The number of hydrogen-bond donors (Lipinski definition) is 0. The van der Waals surface area contributed by atoms with E-state index in [9.17, 15) is 4.79 Å². The predicted octanol–water partition coefficient (Wildman–Crippen LogP) is 3.62. The van der Waals surface area contributed by atoms with Crippen molar-refractivity contribution < 1.29 is 13.9 Å². The molecule has 0 fully saturated rings. The molecule has 5 nitrogen and oxygen atoms in total. The van der Waals surface area contributed by atoms with Gasteiger partial charge in [0.05, 0.1) is 10.6 Å². The summed E-state index contributed by atoms with van der Waals surface area (Å²) < 4.78 is 10.5. The van der Waals surface area contributed by atoms with Crippen LogP contribution in [0.4, 0.5) is 0 Å². The molecule has 2 aromatic rings. The molecule has 0 bridgehead atoms. The second kappa shape index (κ2) is 7.05. The van der Waals surface area contributed by atoms with Crippen LogP contribution >= 0.6 is 11.6 Å². The van der Waals surface area contributed by atoms with Crippen molar-refractivity contribution in [1.82, 2.24) is 10.2 Å². The fraction of sp³-hybridized carbons (Fsp3) is 0.357. The van der Waals surface area contributed by atoms with E-state index in [1.165, 1.54) is 0 Å². The van der Waals surface area contributed by atoms with Crippen LogP contribution in [-0.4, -0.2) is 16.2 Å². The first kappa shape index (κ1) is 14.5. The Labute approximate surface area is 121 Å². The van der Waals surface area contributed by atoms with Gasteiger partial charge < -0.3 is 9.15 Å². The van der Waals surface area contributed by atoms with E-state index in [1.807, 2.05) is 19.1 Å². The molecule has 0 atom stereocenters. The summed E-state index contributed by atoms with van der Waals surface area (Å²) in [6.45, 7) is 2.00. The third kappa shape index (κ3) is 3.81. The molecule has 0 aliphatic heterocycles. The Morgan fingerprint density at radius 3 is 2.90 bits per heavy atom. The highest BCUT2D eigenvalue weighted by atomic mass is 35.5. The minimum Gasteiger partial charge on any atom is -0.456 e. The van der Waals surface area contributed by atoms with Crippen molar-refractivity contribution in [3.05, 3.63) is 35.2 Å². The van der Waals surface area contributed by atoms with Crippen molar-refractivity contribution in [2.45, 2.75) is 32.8 Å². The first-order valence-electron chi connectivity index (χ1n) is 6.43. The van der Waals surface area contributed by atoms with Gasteiger partial charge in [-0.15, -0.1) is 10.2 Å². The molecule has 0 radical (unpaired) electrons. The third-order valence-electron chi connectivity index (χ3n) is 2.66. The van der Waals surface area contributed by atoms with E-state index >= 15 is 0 Å². The van der Waals surface area contributed by atoms with Gasteiger partial charge >= 0.3 is 5.97 Å². The van der Waals surface area contributed by atoms with E-state index < -0.39 is 0 Å². The molecule has 2 rings (SSSR count). The molecular formula is C14H15ClN2O3. The SMILES string of the molecule is CCCCC(=O)OCc1nnc(-c2ccccc2Cl)o1. The maximum atomic E-state index is 11.4. The van der Waals surface area contributed by atoms with Crippen LogP contribution in [0.3, 0.4) is 0 Å². The molecule has 0 saturated heterocycles. The molecule has 0 spiro atoms. The highest BCUT2D eigenvalue weighted by molar-refractivity contribution is 6.33. The maximum absolute atomic E-state index is 11.4. The number of esters is 1. The number of ether oxygens (including phenoxy) is 1. The number of hydrogen-bond acceptors (Lipinski definition) is 5. The standard InChI is InChI=1S/C14H15ClN2O3/c1-2-3-8-13(18)19-9-12-16-17-14(20-12)10-6-4-5-7-11(10)15/h4-7H,2-3,8-9H2,1H3. The van der Waals surface area contributed by atoms with Gasteiger partial charge in [0.2, 0.25) is 5.89 Å². The molecule has 0 amide bonds. The number of carbonyl (C=O) groups is 1. The Balaban J connectivity index is 1.96. The van der Waals surface area contributed by atoms with E-state index in [0.29, 0.717) is 22.9 Å². The third-order valence-corrected chi connectivity index (χ3v) is 2.99. The van der Waals surface area contributed by atoms with Gasteiger partial charge in [-0.05, 0) is 18.6 Å². The van der Waals surface area contributed by atoms with Gasteiger partial charge in [-0.1, -0.05) is 37.1 Å². The second-order valence-corrected chi connectivity index (χ2v) is 4.65. The second-order valence-electron chi connectivity index (χ2n) is 4.25. The zero-order chi connectivity index (χ0) is 14.4. The first-order chi connectivity index (χ1) is 9.70. The molecule has 20 heavy (non-hydrogen) atoms. The molecule has 0 aliphatic rings. The number of nitrogens with zero attached hydrogens (tertiary/aromatic N) is 2. The average molecular weight is 295 g/mol. The van der Waals surface area contributed by atoms with E-state index in [2.05, 4.69) is 10.2 Å². The molecule has 1 aromatic carbocycles. The lowest BCUT2D eigenvalue weighted by atomic mass is 10.2. The van der Waals surface area contributed by atoms with Gasteiger partial charge in [-0.2, -0.15) is 0 Å². The first-order valence-corrected chi connectivity index (χ1v) is 6.81. The molecule has 1 heterocycles. The minimum atomic E-state index is -0.260. The van der Waals surface area contributed by atoms with Gasteiger partial charge in [0.1, 0.15) is 0 Å². The zero-order valence-corrected chi connectivity index (χ0v) is 11.9. The van der Waals surface area contributed by atoms with Gasteiger partial charge in [0.15, 0.2) is 6.61 Å². The quantitative estimate of drug-likeness (QED) is 0.761. The summed E-state index contributed by atoms with van der Waals surface area (Å²) in [5.74, 6) is 0.310. The van der Waals surface area contributed by atoms with Crippen molar-refractivity contribution >= 4 is 17.6 Å². The number of rotatable bonds is 6. The smallest absolute Gasteiger partial charge is 0.306 e. The van der Waals surface area contributed by atoms with Crippen molar-refractivity contribution in [3.8, 4) is 11.5 Å². The molecule has 1 aromatic heterocycles. The zero-order valence-electron chi connectivity index (χ0n) is 11.1. The molecule has 0 aliphatic carbocycles. The van der Waals surface area contributed by atoms with Crippen LogP contribution in [0.15, 0.2) is 28.7 Å². The lowest BCUT2D eigenvalue weighted by Crippen LogP contribution is -2.04. The van der Waals surface area contributed by atoms with Crippen LogP contribution in [0, 0.1) is 0 Å². The molecule has 0 saturated carbocycles. The Hall–Kier alpha value is -1.88. The topological polar surface area (TPSA) is 65.2 Å². The molecule has 0 unspecified atom stereocenters. The number of carbonyl (C=O) groups excluding carboxylic acids is 1. The van der Waals surface area contributed by atoms with Crippen LogP contribution in [0.25, 0.3) is 11.5 Å². The monoisotopic (exact) mass is 294 g/mol. The van der Waals surface area contributed by atoms with Gasteiger partial charge in [0, 0.05) is 6.42 Å². The molecule has 0 N–H and O–H groups in total. The van der Waals surface area contributed by atoms with E-state index in [1.54, 1.807) is 12.1 Å². The van der Waals surface area contributed by atoms with Gasteiger partial charge in [-0.25, -0.2) is 0 Å². The Kier molecular flexibility index (Phi) is 5.12. The highest BCUT2D eigenvalue weighted by Crippen LogP contribution is 2.26. The van der Waals surface area contributed by atoms with Gasteiger partial charge in [0.25, 0.3) is 5.89 Å². The summed E-state index contributed by atoms with van der Waals surface area (Å²) in [5.41, 5.74) is 0.658. The molecule has 6 heteroatoms. The summed E-state index contributed by atoms with van der Waals surface area (Å²) in [6.07, 6.45) is 2.17. The van der Waals surface area contributed by atoms with E-state index in [-0.39, 0.29) is 18.5 Å². The van der Waals surface area contributed by atoms with Crippen molar-refractivity contribution in [2.75, 3.05) is 0 Å². The summed E-state index contributed by atoms with van der Waals surface area (Å²) in [5, 5.41) is 8.26. The van der Waals surface area contributed by atoms with E-state index in [0.717, 1.165) is 12.8 Å². The van der Waals surface area contributed by atoms with E-state index in [4.69, 9.17) is 20.8 Å².